The summed E-state index contributed by atoms with van der Waals surface area (Å²) in [4.78, 5) is 28.1. The molecular formula is C20H36N4O4. The minimum Gasteiger partial charge on any atom is -0.329 e. The van der Waals surface area contributed by atoms with Gasteiger partial charge < -0.3 is 5.73 Å². The highest BCUT2D eigenvalue weighted by molar-refractivity contribution is 5.98. The number of rotatable bonds is 4. The number of carbonyl (C=O) groups is 2. The molecule has 2 rings (SSSR count). The molecule has 2 heterocycles. The molecule has 2 fully saturated rings. The second kappa shape index (κ2) is 7.02. The van der Waals surface area contributed by atoms with E-state index in [0.29, 0.717) is 12.8 Å². The van der Waals surface area contributed by atoms with E-state index in [1.807, 2.05) is 27.7 Å². The van der Waals surface area contributed by atoms with Gasteiger partial charge >= 0.3 is 0 Å². The van der Waals surface area contributed by atoms with Crippen molar-refractivity contribution in [1.29, 1.82) is 0 Å². The topological polar surface area (TPSA) is 110 Å². The summed E-state index contributed by atoms with van der Waals surface area (Å²) in [7, 11) is 0. The summed E-state index contributed by atoms with van der Waals surface area (Å²) in [5, 5.41) is 27.3. The first-order valence-electron chi connectivity index (χ1n) is 10.0. The first-order valence-corrected chi connectivity index (χ1v) is 10.0. The fourth-order valence-corrected chi connectivity index (χ4v) is 5.12. The highest BCUT2D eigenvalue weighted by atomic mass is 16.5. The van der Waals surface area contributed by atoms with Gasteiger partial charge in [0.05, 0.1) is 22.9 Å². The van der Waals surface area contributed by atoms with E-state index in [1.165, 1.54) is 4.90 Å². The minimum atomic E-state index is -0.928. The number of hydrogen-bond acceptors (Lipinski definition) is 5. The summed E-state index contributed by atoms with van der Waals surface area (Å²) < 4.78 is 0. The first-order chi connectivity index (χ1) is 12.5. The lowest BCUT2D eigenvalue weighted by atomic mass is 9.83. The van der Waals surface area contributed by atoms with Gasteiger partial charge in [-0.05, 0) is 68.2 Å². The van der Waals surface area contributed by atoms with Gasteiger partial charge in [-0.15, -0.1) is 20.5 Å². The number of amides is 2. The fraction of sp³-hybridized carbons (Fsp3) is 0.900. The molecule has 2 N–H and O–H groups in total. The molecule has 0 aromatic rings. The molecule has 8 heteroatoms. The lowest BCUT2D eigenvalue weighted by molar-refractivity contribution is -0.249. The van der Waals surface area contributed by atoms with Crippen LogP contribution < -0.4 is 5.73 Å². The molecule has 0 aromatic heterocycles. The average Bonchev–Trinajstić information content (AvgIpc) is 2.85. The Kier molecular flexibility index (Phi) is 5.82. The lowest BCUT2D eigenvalue weighted by Crippen LogP contribution is -2.55. The molecule has 0 spiro atoms. The third-order valence-electron chi connectivity index (χ3n) is 6.74. The number of imide groups is 1. The van der Waals surface area contributed by atoms with Crippen LogP contribution in [0, 0.1) is 11.8 Å². The molecule has 2 aliphatic rings. The van der Waals surface area contributed by atoms with Crippen LogP contribution in [0.4, 0.5) is 0 Å². The summed E-state index contributed by atoms with van der Waals surface area (Å²) in [6.07, 6.45) is 0.730. The van der Waals surface area contributed by atoms with Crippen molar-refractivity contribution in [2.45, 2.75) is 90.4 Å². The predicted octanol–water partition coefficient (Wildman–Crippen LogP) is 1.75. The molecule has 8 nitrogen and oxygen atoms in total. The van der Waals surface area contributed by atoms with E-state index in [1.54, 1.807) is 27.7 Å². The highest BCUT2D eigenvalue weighted by Crippen LogP contribution is 2.47. The van der Waals surface area contributed by atoms with Gasteiger partial charge in [-0.1, -0.05) is 0 Å². The number of nitrogens with zero attached hydrogens (tertiary/aromatic N) is 3. The van der Waals surface area contributed by atoms with E-state index in [2.05, 4.69) is 0 Å². The normalized spacial score (nSPS) is 31.1. The zero-order valence-corrected chi connectivity index (χ0v) is 18.5. The molecule has 0 saturated carbocycles. The van der Waals surface area contributed by atoms with Crippen LogP contribution in [-0.2, 0) is 20.0 Å². The van der Waals surface area contributed by atoms with Crippen molar-refractivity contribution in [3.63, 3.8) is 0 Å². The van der Waals surface area contributed by atoms with Gasteiger partial charge in [-0.2, -0.15) is 0 Å². The van der Waals surface area contributed by atoms with Crippen molar-refractivity contribution in [2.24, 2.45) is 17.6 Å². The monoisotopic (exact) mass is 396 g/mol. The van der Waals surface area contributed by atoms with Crippen LogP contribution in [0.1, 0.15) is 68.2 Å². The maximum Gasteiger partial charge on any atom is 0.234 e. The second-order valence-electron chi connectivity index (χ2n) is 10.7. The largest absolute Gasteiger partial charge is 0.329 e. The van der Waals surface area contributed by atoms with Crippen LogP contribution in [0.3, 0.4) is 0 Å². The lowest BCUT2D eigenvalue weighted by Gasteiger charge is -2.37. The molecule has 0 aliphatic carbocycles. The van der Waals surface area contributed by atoms with Crippen LogP contribution in [0.25, 0.3) is 0 Å². The number of carbonyl (C=O) groups excluding carboxylic acids is 2. The van der Waals surface area contributed by atoms with Crippen LogP contribution >= 0.6 is 0 Å². The molecule has 0 aromatic carbocycles. The summed E-state index contributed by atoms with van der Waals surface area (Å²) in [5.41, 5.74) is 2.47. The standard InChI is InChI=1S/C20H36N4O4/c1-17(2)11-13(19(5,6)23(17)27)15(25)22(10-9-21)16(26)14-12-18(3,4)24(28)20(14,7)8/h13-14H,9-12,21H2,1-8H3. The Bertz CT molecular complexity index is 592. The van der Waals surface area contributed by atoms with Crippen molar-refractivity contribution in [2.75, 3.05) is 13.1 Å². The Morgan fingerprint density at radius 3 is 1.36 bits per heavy atom. The van der Waals surface area contributed by atoms with E-state index >= 15 is 0 Å². The molecule has 0 bridgehead atoms. The molecule has 28 heavy (non-hydrogen) atoms. The molecule has 2 saturated heterocycles. The Morgan fingerprint density at radius 1 is 0.821 bits per heavy atom. The highest BCUT2D eigenvalue weighted by Gasteiger charge is 2.59. The SMILES string of the molecule is CC1(C)CC(C(=O)N(CCN)C(=O)C2CC(C)(C)N([O])C2(C)C)C(C)(C)N1[O]. The molecule has 2 aliphatic heterocycles. The Morgan fingerprint density at radius 2 is 1.14 bits per heavy atom. The smallest absolute Gasteiger partial charge is 0.234 e. The Balaban J connectivity index is 2.36. The summed E-state index contributed by atoms with van der Waals surface area (Å²) in [6.45, 7) is 14.4. The van der Waals surface area contributed by atoms with Crippen molar-refractivity contribution >= 4 is 11.8 Å². The van der Waals surface area contributed by atoms with Crippen molar-refractivity contribution < 1.29 is 20.0 Å². The molecule has 2 radical (unpaired) electrons. The fourth-order valence-electron chi connectivity index (χ4n) is 5.12. The molecule has 2 unspecified atom stereocenters. The maximum absolute atomic E-state index is 13.4. The van der Waals surface area contributed by atoms with Gasteiger partial charge in [0.25, 0.3) is 0 Å². The first kappa shape index (κ1) is 23.2. The summed E-state index contributed by atoms with van der Waals surface area (Å²) in [5.74, 6) is -1.97. The molecule has 2 amide bonds. The van der Waals surface area contributed by atoms with Crippen LogP contribution in [0.15, 0.2) is 0 Å². The summed E-state index contributed by atoms with van der Waals surface area (Å²) in [6, 6.07) is 0. The molecule has 2 atom stereocenters. The average molecular weight is 397 g/mol. The van der Waals surface area contributed by atoms with Crippen LogP contribution in [0.5, 0.6) is 0 Å². The maximum atomic E-state index is 13.4. The quantitative estimate of drug-likeness (QED) is 0.728. The predicted molar refractivity (Wildman–Crippen MR) is 103 cm³/mol. The van der Waals surface area contributed by atoms with E-state index in [9.17, 15) is 20.0 Å². The van der Waals surface area contributed by atoms with E-state index in [-0.39, 0.29) is 24.9 Å². The van der Waals surface area contributed by atoms with Crippen molar-refractivity contribution in [1.82, 2.24) is 15.0 Å². The summed E-state index contributed by atoms with van der Waals surface area (Å²) >= 11 is 0. The van der Waals surface area contributed by atoms with E-state index in [0.717, 1.165) is 10.1 Å². The van der Waals surface area contributed by atoms with Crippen molar-refractivity contribution in [3.05, 3.63) is 0 Å². The van der Waals surface area contributed by atoms with E-state index < -0.39 is 34.0 Å². The van der Waals surface area contributed by atoms with Crippen molar-refractivity contribution in [3.8, 4) is 0 Å². The van der Waals surface area contributed by atoms with Gasteiger partial charge in [0.15, 0.2) is 0 Å². The second-order valence-corrected chi connectivity index (χ2v) is 10.7. The van der Waals surface area contributed by atoms with Crippen LogP contribution in [-0.4, -0.2) is 62.1 Å². The molecule has 160 valence electrons. The van der Waals surface area contributed by atoms with E-state index in [4.69, 9.17) is 5.73 Å². The minimum absolute atomic E-state index is 0.0788. The number of nitrogens with two attached hydrogens (primary N) is 1. The Labute approximate surface area is 168 Å². The van der Waals surface area contributed by atoms with Gasteiger partial charge in [0.1, 0.15) is 0 Å². The Hall–Kier alpha value is -1.06. The van der Waals surface area contributed by atoms with Gasteiger partial charge in [-0.25, -0.2) is 0 Å². The third-order valence-corrected chi connectivity index (χ3v) is 6.74. The molecular weight excluding hydrogens is 360 g/mol. The third kappa shape index (κ3) is 3.50. The van der Waals surface area contributed by atoms with Gasteiger partial charge in [0.2, 0.25) is 11.8 Å². The number of hydroxylamine groups is 4. The van der Waals surface area contributed by atoms with Crippen LogP contribution in [0.2, 0.25) is 0 Å². The van der Waals surface area contributed by atoms with Gasteiger partial charge in [0, 0.05) is 24.2 Å². The van der Waals surface area contributed by atoms with Gasteiger partial charge in [-0.3, -0.25) is 14.5 Å². The zero-order chi connectivity index (χ0) is 21.9. The zero-order valence-electron chi connectivity index (χ0n) is 18.5. The number of hydrogen-bond donors (Lipinski definition) is 1.